The quantitative estimate of drug-likeness (QED) is 0.0912. The lowest BCUT2D eigenvalue weighted by molar-refractivity contribution is -0.662. The summed E-state index contributed by atoms with van der Waals surface area (Å²) < 4.78 is 3.83. The highest BCUT2D eigenvalue weighted by molar-refractivity contribution is 8.00. The monoisotopic (exact) mass is 607 g/mol. The number of aliphatic carboxylic acids is 1. The van der Waals surface area contributed by atoms with Crippen molar-refractivity contribution in [3.05, 3.63) is 52.9 Å². The van der Waals surface area contributed by atoms with E-state index in [0.29, 0.717) is 24.4 Å². The molecule has 1 fully saturated rings. The molecule has 2 aliphatic rings. The maximum Gasteiger partial charge on any atom is 0.288 e. The van der Waals surface area contributed by atoms with E-state index >= 15 is 0 Å². The summed E-state index contributed by atoms with van der Waals surface area (Å²) in [6.45, 7) is 1.31. The zero-order valence-corrected chi connectivity index (χ0v) is 23.6. The summed E-state index contributed by atoms with van der Waals surface area (Å²) in [7, 11) is 1.28. The molecule has 0 aromatic carbocycles. The standard InChI is InChI=1S/C23H25N9O5S2.ClH/c1-37-29-16(13-11-39-23(25)27-13)19(33)28-17-20(34)32-18(22(35)36)12(10-38-21(17)32)9-30-7-8-31-14(26-6-5-24)3-2-4-15(30)31;/h2-4,7-8,11,17,21H,5-6,9-10,24H2,1H3,(H4,25,27,28,33,35,36);1H/b29-16-;/t17-,21-;/m1./s1. The Labute approximate surface area is 242 Å². The van der Waals surface area contributed by atoms with Gasteiger partial charge in [0.05, 0.1) is 11.7 Å². The summed E-state index contributed by atoms with van der Waals surface area (Å²) in [5.74, 6) is -1.55. The van der Waals surface area contributed by atoms with E-state index in [4.69, 9.17) is 16.3 Å². The Hall–Kier alpha value is -3.86. The van der Waals surface area contributed by atoms with Gasteiger partial charge in [-0.05, 0) is 6.07 Å². The third kappa shape index (κ3) is 5.30. The van der Waals surface area contributed by atoms with Crippen molar-refractivity contribution in [3.8, 4) is 0 Å². The van der Waals surface area contributed by atoms with Gasteiger partial charge >= 0.3 is 0 Å². The van der Waals surface area contributed by atoms with Gasteiger partial charge < -0.3 is 36.8 Å². The van der Waals surface area contributed by atoms with Crippen LogP contribution in [0.2, 0.25) is 0 Å². The number of β-lactam (4-membered cyclic amide) rings is 1. The summed E-state index contributed by atoms with van der Waals surface area (Å²) in [6, 6.07) is 4.74. The first kappa shape index (κ1) is 29.1. The number of anilines is 2. The van der Waals surface area contributed by atoms with Gasteiger partial charge in [-0.2, -0.15) is 4.40 Å². The molecule has 6 N–H and O–H groups in total. The van der Waals surface area contributed by atoms with E-state index in [1.807, 2.05) is 39.6 Å². The van der Waals surface area contributed by atoms with E-state index in [-0.39, 0.29) is 41.2 Å². The molecule has 0 radical (unpaired) electrons. The number of hydrogen-bond donors (Lipinski definition) is 4. The van der Waals surface area contributed by atoms with Crippen LogP contribution in [0.25, 0.3) is 5.65 Å². The molecule has 40 heavy (non-hydrogen) atoms. The summed E-state index contributed by atoms with van der Waals surface area (Å²) in [5, 5.41) is 23.0. The first-order valence-electron chi connectivity index (χ1n) is 11.8. The van der Waals surface area contributed by atoms with Crippen molar-refractivity contribution in [2.24, 2.45) is 10.9 Å². The Morgan fingerprint density at radius 1 is 1.38 bits per heavy atom. The first-order chi connectivity index (χ1) is 18.8. The minimum Gasteiger partial charge on any atom is -0.543 e. The third-order valence-electron chi connectivity index (χ3n) is 6.20. The zero-order chi connectivity index (χ0) is 27.7. The molecular formula is C23H26ClN9O5S2. The molecule has 17 heteroatoms. The zero-order valence-electron chi connectivity index (χ0n) is 21.1. The fraction of sp³-hybridized carbons (Fsp3) is 0.304. The topological polar surface area (TPSA) is 196 Å². The summed E-state index contributed by atoms with van der Waals surface area (Å²) >= 11 is 2.48. The van der Waals surface area contributed by atoms with Crippen LogP contribution in [0, 0.1) is 0 Å². The number of oxime groups is 1. The van der Waals surface area contributed by atoms with Gasteiger partial charge in [0.1, 0.15) is 43.2 Å². The number of hydrogen-bond acceptors (Lipinski definition) is 12. The molecule has 0 aliphatic carbocycles. The Balaban J connectivity index is 0.00000370. The third-order valence-corrected chi connectivity index (χ3v) is 8.21. The number of nitrogens with zero attached hydrogens (tertiary/aromatic N) is 5. The molecule has 14 nitrogen and oxygen atoms in total. The number of nitrogen functional groups attached to an aromatic ring is 1. The van der Waals surface area contributed by atoms with Crippen molar-refractivity contribution in [1.29, 1.82) is 0 Å². The summed E-state index contributed by atoms with van der Waals surface area (Å²) in [5.41, 5.74) is 12.5. The van der Waals surface area contributed by atoms with Crippen LogP contribution in [0.3, 0.4) is 0 Å². The molecule has 5 heterocycles. The lowest BCUT2D eigenvalue weighted by atomic mass is 10.0. The minimum atomic E-state index is -1.46. The van der Waals surface area contributed by atoms with Crippen LogP contribution in [0.4, 0.5) is 10.9 Å². The average molecular weight is 608 g/mol. The Kier molecular flexibility index (Phi) is 8.82. The van der Waals surface area contributed by atoms with Gasteiger partial charge in [0.15, 0.2) is 16.7 Å². The van der Waals surface area contributed by atoms with Gasteiger partial charge in [-0.1, -0.05) is 5.16 Å². The van der Waals surface area contributed by atoms with Gasteiger partial charge in [0, 0.05) is 41.9 Å². The Morgan fingerprint density at radius 3 is 2.85 bits per heavy atom. The van der Waals surface area contributed by atoms with E-state index in [1.165, 1.54) is 23.8 Å². The van der Waals surface area contributed by atoms with E-state index in [1.54, 1.807) is 5.38 Å². The molecule has 3 aromatic heterocycles. The molecule has 2 atom stereocenters. The van der Waals surface area contributed by atoms with Crippen molar-refractivity contribution in [3.63, 3.8) is 0 Å². The summed E-state index contributed by atoms with van der Waals surface area (Å²) in [6.07, 6.45) is 3.70. The number of amides is 2. The van der Waals surface area contributed by atoms with Crippen LogP contribution in [0.5, 0.6) is 0 Å². The number of rotatable bonds is 10. The highest BCUT2D eigenvalue weighted by Gasteiger charge is 2.53. The lowest BCUT2D eigenvalue weighted by Gasteiger charge is -2.50. The minimum absolute atomic E-state index is 0. The molecule has 2 amide bonds. The molecule has 212 valence electrons. The SMILES string of the molecule is CO/N=C(\C(=O)N[C@@H]1C(=O)N2C(C(=O)[O-])=C(C[n+]3ccn4c(NCCN)cccc43)CS[C@H]12)c1csc(N)n1.Cl. The van der Waals surface area contributed by atoms with Gasteiger partial charge in [0.2, 0.25) is 0 Å². The number of halogens is 1. The van der Waals surface area contributed by atoms with Crippen molar-refractivity contribution in [2.75, 3.05) is 37.0 Å². The number of thioether (sulfide) groups is 1. The number of carboxylic acids is 1. The second-order valence-electron chi connectivity index (χ2n) is 8.57. The number of carboxylic acid groups (broad SMARTS) is 1. The van der Waals surface area contributed by atoms with Crippen LogP contribution in [0.15, 0.2) is 52.4 Å². The number of nitrogens with one attached hydrogen (secondary N) is 2. The van der Waals surface area contributed by atoms with Crippen LogP contribution in [-0.4, -0.2) is 75.1 Å². The van der Waals surface area contributed by atoms with Crippen molar-refractivity contribution in [2.45, 2.75) is 18.0 Å². The normalized spacial score (nSPS) is 18.6. The number of fused-ring (bicyclic) bond motifs is 2. The van der Waals surface area contributed by atoms with Gasteiger partial charge in [0.25, 0.3) is 17.5 Å². The fourth-order valence-corrected chi connectivity index (χ4v) is 6.39. The average Bonchev–Trinajstić information content (AvgIpc) is 3.54. The molecule has 1 saturated heterocycles. The Bertz CT molecular complexity index is 1520. The second-order valence-corrected chi connectivity index (χ2v) is 10.6. The number of carbonyl (C=O) groups is 3. The number of thiazole rings is 1. The molecule has 0 spiro atoms. The molecule has 2 aliphatic heterocycles. The highest BCUT2D eigenvalue weighted by Crippen LogP contribution is 2.40. The number of aromatic nitrogens is 3. The van der Waals surface area contributed by atoms with E-state index in [9.17, 15) is 19.5 Å². The number of imidazole rings is 1. The van der Waals surface area contributed by atoms with Crippen LogP contribution in [-0.2, 0) is 25.8 Å². The smallest absolute Gasteiger partial charge is 0.288 e. The molecule has 0 unspecified atom stereocenters. The molecular weight excluding hydrogens is 582 g/mol. The maximum atomic E-state index is 13.1. The van der Waals surface area contributed by atoms with Gasteiger partial charge in [-0.15, -0.1) is 35.5 Å². The van der Waals surface area contributed by atoms with Crippen molar-refractivity contribution < 1.29 is 28.9 Å². The lowest BCUT2D eigenvalue weighted by Crippen LogP contribution is -2.71. The van der Waals surface area contributed by atoms with Crippen LogP contribution < -0.4 is 31.8 Å². The molecule has 0 saturated carbocycles. The second kappa shape index (κ2) is 12.1. The maximum absolute atomic E-state index is 13.1. The van der Waals surface area contributed by atoms with Crippen molar-refractivity contribution >= 4 is 75.6 Å². The number of pyridine rings is 1. The fourth-order valence-electron chi connectivity index (χ4n) is 4.50. The molecule has 3 aromatic rings. The van der Waals surface area contributed by atoms with Gasteiger partial charge in [-0.25, -0.2) is 9.55 Å². The van der Waals surface area contributed by atoms with E-state index < -0.39 is 29.2 Å². The Morgan fingerprint density at radius 2 is 2.17 bits per heavy atom. The van der Waals surface area contributed by atoms with Crippen LogP contribution in [0.1, 0.15) is 5.69 Å². The largest absolute Gasteiger partial charge is 0.543 e. The first-order valence-corrected chi connectivity index (χ1v) is 13.7. The number of carbonyl (C=O) groups excluding carboxylic acids is 3. The van der Waals surface area contributed by atoms with Crippen molar-refractivity contribution in [1.82, 2.24) is 19.6 Å². The number of nitrogens with two attached hydrogens (primary N) is 2. The summed E-state index contributed by atoms with van der Waals surface area (Å²) in [4.78, 5) is 48.3. The molecule has 5 rings (SSSR count). The highest BCUT2D eigenvalue weighted by atomic mass is 35.5. The molecule has 0 bridgehead atoms. The van der Waals surface area contributed by atoms with E-state index in [2.05, 4.69) is 20.8 Å². The van der Waals surface area contributed by atoms with E-state index in [0.717, 1.165) is 22.8 Å². The predicted octanol–water partition coefficient (Wildman–Crippen LogP) is -1.49. The van der Waals surface area contributed by atoms with Crippen LogP contribution >= 0.6 is 35.5 Å². The van der Waals surface area contributed by atoms with Gasteiger partial charge in [-0.3, -0.25) is 14.5 Å². The predicted molar refractivity (Wildman–Crippen MR) is 150 cm³/mol.